The lowest BCUT2D eigenvalue weighted by Gasteiger charge is -2.28. The number of amides is 2. The normalized spacial score (nSPS) is 16.9. The molecule has 0 bridgehead atoms. The number of allylic oxidation sites excluding steroid dienone is 1. The highest BCUT2D eigenvalue weighted by Crippen LogP contribution is 2.30. The molecule has 0 fully saturated rings. The Labute approximate surface area is 146 Å². The van der Waals surface area contributed by atoms with Gasteiger partial charge in [-0.1, -0.05) is 42.5 Å². The molecule has 1 heterocycles. The van der Waals surface area contributed by atoms with Gasteiger partial charge in [0.15, 0.2) is 5.78 Å². The third-order valence-electron chi connectivity index (χ3n) is 4.07. The van der Waals surface area contributed by atoms with E-state index in [-0.39, 0.29) is 11.8 Å². The number of nitrogens with one attached hydrogen (secondary N) is 2. The van der Waals surface area contributed by atoms with E-state index in [9.17, 15) is 9.59 Å². The van der Waals surface area contributed by atoms with E-state index in [2.05, 4.69) is 10.6 Å². The lowest BCUT2D eigenvalue weighted by Crippen LogP contribution is -2.45. The van der Waals surface area contributed by atoms with E-state index in [1.807, 2.05) is 49.4 Å². The fraction of sp³-hybridized carbons (Fsp3) is 0.200. The van der Waals surface area contributed by atoms with Crippen LogP contribution in [0.4, 0.5) is 4.79 Å². The first-order valence-corrected chi connectivity index (χ1v) is 8.21. The number of benzene rings is 2. The molecule has 2 amide bonds. The molecular formula is C20H20N2O3. The van der Waals surface area contributed by atoms with Crippen LogP contribution in [-0.4, -0.2) is 18.4 Å². The van der Waals surface area contributed by atoms with Crippen molar-refractivity contribution in [3.63, 3.8) is 0 Å². The van der Waals surface area contributed by atoms with Gasteiger partial charge in [0.25, 0.3) is 0 Å². The number of carbonyl (C=O) groups is 2. The minimum atomic E-state index is -0.503. The van der Waals surface area contributed by atoms with Gasteiger partial charge in [-0.3, -0.25) is 4.79 Å². The Balaban J connectivity index is 1.99. The number of carbonyl (C=O) groups excluding carboxylic acids is 2. The van der Waals surface area contributed by atoms with Crippen LogP contribution in [0.5, 0.6) is 5.75 Å². The first-order valence-electron chi connectivity index (χ1n) is 8.21. The van der Waals surface area contributed by atoms with Crippen LogP contribution in [0.3, 0.4) is 0 Å². The van der Waals surface area contributed by atoms with E-state index in [4.69, 9.17) is 4.74 Å². The second kappa shape index (κ2) is 7.21. The summed E-state index contributed by atoms with van der Waals surface area (Å²) in [6.45, 7) is 4.25. The minimum absolute atomic E-state index is 0.107. The molecule has 0 spiro atoms. The van der Waals surface area contributed by atoms with Crippen LogP contribution in [0.25, 0.3) is 0 Å². The van der Waals surface area contributed by atoms with Crippen LogP contribution in [0.1, 0.15) is 35.8 Å². The van der Waals surface area contributed by atoms with Gasteiger partial charge < -0.3 is 15.4 Å². The molecule has 2 aromatic rings. The largest absolute Gasteiger partial charge is 0.494 e. The number of Topliss-reactive ketones (excluding diaryl/α,β-unsaturated/α-hetero) is 1. The van der Waals surface area contributed by atoms with Gasteiger partial charge in [-0.05, 0) is 31.5 Å². The highest BCUT2D eigenvalue weighted by atomic mass is 16.5. The summed E-state index contributed by atoms with van der Waals surface area (Å²) in [7, 11) is 0. The number of hydrogen-bond acceptors (Lipinski definition) is 3. The summed E-state index contributed by atoms with van der Waals surface area (Å²) in [6.07, 6.45) is 0. The van der Waals surface area contributed by atoms with Gasteiger partial charge in [0.2, 0.25) is 0 Å². The van der Waals surface area contributed by atoms with Gasteiger partial charge in [-0.25, -0.2) is 4.79 Å². The molecule has 0 radical (unpaired) electrons. The molecule has 1 atom stereocenters. The quantitative estimate of drug-likeness (QED) is 0.820. The number of ether oxygens (including phenoxy) is 1. The Morgan fingerprint density at radius 2 is 1.76 bits per heavy atom. The summed E-state index contributed by atoms with van der Waals surface area (Å²) >= 11 is 0. The molecule has 1 aliphatic rings. The predicted octanol–water partition coefficient (Wildman–Crippen LogP) is 3.60. The highest BCUT2D eigenvalue weighted by molar-refractivity contribution is 6.11. The van der Waals surface area contributed by atoms with E-state index < -0.39 is 6.04 Å². The van der Waals surface area contributed by atoms with E-state index in [0.29, 0.717) is 23.4 Å². The smallest absolute Gasteiger partial charge is 0.319 e. The fourth-order valence-corrected chi connectivity index (χ4v) is 2.91. The van der Waals surface area contributed by atoms with Crippen molar-refractivity contribution in [2.45, 2.75) is 19.9 Å². The molecule has 128 valence electrons. The molecule has 0 saturated heterocycles. The summed E-state index contributed by atoms with van der Waals surface area (Å²) in [5, 5.41) is 5.54. The minimum Gasteiger partial charge on any atom is -0.494 e. The maximum absolute atomic E-state index is 13.0. The Kier molecular flexibility index (Phi) is 4.84. The van der Waals surface area contributed by atoms with Crippen molar-refractivity contribution < 1.29 is 14.3 Å². The van der Waals surface area contributed by atoms with Crippen molar-refractivity contribution in [3.8, 4) is 5.75 Å². The molecule has 0 unspecified atom stereocenters. The van der Waals surface area contributed by atoms with Gasteiger partial charge in [0.05, 0.1) is 12.6 Å². The third kappa shape index (κ3) is 3.55. The number of urea groups is 1. The van der Waals surface area contributed by atoms with Gasteiger partial charge in [0, 0.05) is 16.8 Å². The predicted molar refractivity (Wildman–Crippen MR) is 95.5 cm³/mol. The van der Waals surface area contributed by atoms with Crippen LogP contribution < -0.4 is 15.4 Å². The van der Waals surface area contributed by atoms with Crippen LogP contribution >= 0.6 is 0 Å². The molecule has 3 rings (SSSR count). The zero-order valence-electron chi connectivity index (χ0n) is 14.2. The zero-order chi connectivity index (χ0) is 17.8. The number of rotatable bonds is 5. The first kappa shape index (κ1) is 16.8. The van der Waals surface area contributed by atoms with Gasteiger partial charge in [-0.2, -0.15) is 0 Å². The first-order chi connectivity index (χ1) is 12.1. The Morgan fingerprint density at radius 3 is 2.40 bits per heavy atom. The third-order valence-corrected chi connectivity index (χ3v) is 4.07. The van der Waals surface area contributed by atoms with E-state index in [1.54, 1.807) is 19.1 Å². The molecule has 2 N–H and O–H groups in total. The SMILES string of the molecule is CCOc1ccc([C@@H]2NC(=O)NC(C)=C2C(=O)c2ccccc2)cc1. The average molecular weight is 336 g/mol. The molecule has 0 aromatic heterocycles. The van der Waals surface area contributed by atoms with Crippen molar-refractivity contribution in [1.29, 1.82) is 0 Å². The molecule has 0 aliphatic carbocycles. The summed E-state index contributed by atoms with van der Waals surface area (Å²) in [4.78, 5) is 24.9. The van der Waals surface area contributed by atoms with E-state index in [0.717, 1.165) is 11.3 Å². The summed E-state index contributed by atoms with van der Waals surface area (Å²) in [5.41, 5.74) is 2.52. The zero-order valence-corrected chi connectivity index (χ0v) is 14.2. The second-order valence-electron chi connectivity index (χ2n) is 5.77. The van der Waals surface area contributed by atoms with Crippen LogP contribution in [0.15, 0.2) is 65.9 Å². The summed E-state index contributed by atoms with van der Waals surface area (Å²) in [5.74, 6) is 0.646. The van der Waals surface area contributed by atoms with Gasteiger partial charge in [0.1, 0.15) is 5.75 Å². The standard InChI is InChI=1S/C20H20N2O3/c1-3-25-16-11-9-14(10-12-16)18-17(13(2)21-20(24)22-18)19(23)15-7-5-4-6-8-15/h4-12,18H,3H2,1-2H3,(H2,21,22,24)/t18-/m0/s1. The Morgan fingerprint density at radius 1 is 1.08 bits per heavy atom. The second-order valence-corrected chi connectivity index (χ2v) is 5.77. The van der Waals surface area contributed by atoms with E-state index >= 15 is 0 Å². The average Bonchev–Trinajstić information content (AvgIpc) is 2.62. The van der Waals surface area contributed by atoms with Crippen LogP contribution in [0, 0.1) is 0 Å². The van der Waals surface area contributed by atoms with Gasteiger partial charge >= 0.3 is 6.03 Å². The lowest BCUT2D eigenvalue weighted by molar-refractivity contribution is 0.102. The summed E-state index contributed by atoms with van der Waals surface area (Å²) < 4.78 is 5.46. The van der Waals surface area contributed by atoms with Gasteiger partial charge in [-0.15, -0.1) is 0 Å². The molecular weight excluding hydrogens is 316 g/mol. The highest BCUT2D eigenvalue weighted by Gasteiger charge is 2.31. The Hall–Kier alpha value is -3.08. The van der Waals surface area contributed by atoms with Crippen molar-refractivity contribution in [2.75, 3.05) is 6.61 Å². The van der Waals surface area contributed by atoms with Crippen molar-refractivity contribution >= 4 is 11.8 Å². The fourth-order valence-electron chi connectivity index (χ4n) is 2.91. The number of ketones is 1. The molecule has 25 heavy (non-hydrogen) atoms. The molecule has 0 saturated carbocycles. The lowest BCUT2D eigenvalue weighted by atomic mass is 9.89. The van der Waals surface area contributed by atoms with Crippen LogP contribution in [-0.2, 0) is 0 Å². The molecule has 5 nitrogen and oxygen atoms in total. The van der Waals surface area contributed by atoms with Crippen LogP contribution in [0.2, 0.25) is 0 Å². The van der Waals surface area contributed by atoms with Crippen molar-refractivity contribution in [1.82, 2.24) is 10.6 Å². The topological polar surface area (TPSA) is 67.4 Å². The maximum atomic E-state index is 13.0. The Bertz CT molecular complexity index is 811. The number of hydrogen-bond donors (Lipinski definition) is 2. The maximum Gasteiger partial charge on any atom is 0.319 e. The summed E-state index contributed by atoms with van der Waals surface area (Å²) in [6, 6.07) is 15.6. The van der Waals surface area contributed by atoms with E-state index in [1.165, 1.54) is 0 Å². The molecule has 1 aliphatic heterocycles. The molecule has 2 aromatic carbocycles. The van der Waals surface area contributed by atoms with Crippen molar-refractivity contribution in [2.24, 2.45) is 0 Å². The van der Waals surface area contributed by atoms with Crippen molar-refractivity contribution in [3.05, 3.63) is 77.0 Å². The monoisotopic (exact) mass is 336 g/mol. The molecule has 5 heteroatoms.